The Bertz CT molecular complexity index is 362. The fourth-order valence-corrected chi connectivity index (χ4v) is 5.20. The summed E-state index contributed by atoms with van der Waals surface area (Å²) in [5.74, 6) is 1.54. The van der Waals surface area contributed by atoms with Crippen LogP contribution in [0.25, 0.3) is 0 Å². The number of piperidine rings is 1. The van der Waals surface area contributed by atoms with Crippen LogP contribution in [0.2, 0.25) is 0 Å². The van der Waals surface area contributed by atoms with E-state index in [9.17, 15) is 0 Å². The van der Waals surface area contributed by atoms with Crippen molar-refractivity contribution in [2.45, 2.75) is 70.9 Å². The number of likely N-dealkylation sites (tertiary alicyclic amines) is 1. The number of ether oxygens (including phenoxy) is 1. The third-order valence-electron chi connectivity index (χ3n) is 6.78. The van der Waals surface area contributed by atoms with E-state index in [0.29, 0.717) is 12.0 Å². The monoisotopic (exact) mass is 294 g/mol. The van der Waals surface area contributed by atoms with E-state index in [1.807, 2.05) is 0 Å². The van der Waals surface area contributed by atoms with Gasteiger partial charge in [0.05, 0.1) is 6.10 Å². The van der Waals surface area contributed by atoms with E-state index >= 15 is 0 Å². The van der Waals surface area contributed by atoms with Crippen LogP contribution in [0.3, 0.4) is 0 Å². The molecule has 0 radical (unpaired) electrons. The minimum atomic E-state index is -0.0460. The van der Waals surface area contributed by atoms with Gasteiger partial charge in [0.1, 0.15) is 0 Å². The first-order valence-corrected chi connectivity index (χ1v) is 9.12. The van der Waals surface area contributed by atoms with Crippen molar-refractivity contribution in [1.29, 1.82) is 0 Å². The van der Waals surface area contributed by atoms with E-state index in [1.54, 1.807) is 0 Å². The molecule has 0 bridgehead atoms. The van der Waals surface area contributed by atoms with Crippen LogP contribution in [0, 0.1) is 17.3 Å². The maximum absolute atomic E-state index is 6.94. The molecule has 2 aliphatic heterocycles. The van der Waals surface area contributed by atoms with Crippen LogP contribution in [0.15, 0.2) is 0 Å². The van der Waals surface area contributed by atoms with Crippen LogP contribution in [-0.2, 0) is 4.74 Å². The lowest BCUT2D eigenvalue weighted by Gasteiger charge is -2.67. The second-order valence-corrected chi connectivity index (χ2v) is 8.31. The van der Waals surface area contributed by atoms with Crippen molar-refractivity contribution in [2.75, 3.05) is 26.2 Å². The largest absolute Gasteiger partial charge is 0.377 e. The molecule has 0 aromatic heterocycles. The minimum absolute atomic E-state index is 0.0460. The van der Waals surface area contributed by atoms with E-state index < -0.39 is 0 Å². The van der Waals surface area contributed by atoms with Gasteiger partial charge in [-0.05, 0) is 44.7 Å². The molecule has 2 N–H and O–H groups in total. The van der Waals surface area contributed by atoms with Crippen LogP contribution < -0.4 is 5.73 Å². The summed E-state index contributed by atoms with van der Waals surface area (Å²) in [6, 6.07) is 0. The third-order valence-corrected chi connectivity index (χ3v) is 6.78. The summed E-state index contributed by atoms with van der Waals surface area (Å²) < 4.78 is 6.03. The summed E-state index contributed by atoms with van der Waals surface area (Å²) >= 11 is 0. The molecule has 2 heterocycles. The van der Waals surface area contributed by atoms with Crippen molar-refractivity contribution in [3.05, 3.63) is 0 Å². The average Bonchev–Trinajstić information content (AvgIpc) is 2.49. The molecule has 0 aromatic carbocycles. The van der Waals surface area contributed by atoms with Crippen molar-refractivity contribution in [2.24, 2.45) is 23.0 Å². The molecule has 1 saturated carbocycles. The summed E-state index contributed by atoms with van der Waals surface area (Å²) in [5.41, 5.74) is 7.02. The predicted molar refractivity (Wildman–Crippen MR) is 87.2 cm³/mol. The van der Waals surface area contributed by atoms with Crippen LogP contribution in [-0.4, -0.2) is 42.8 Å². The molecule has 0 amide bonds. The fraction of sp³-hybridized carbons (Fsp3) is 1.00. The number of nitrogens with two attached hydrogens (primary N) is 1. The second-order valence-electron chi connectivity index (χ2n) is 8.31. The normalized spacial score (nSPS) is 40.6. The smallest absolute Gasteiger partial charge is 0.0690 e. The lowest BCUT2D eigenvalue weighted by atomic mass is 9.46. The van der Waals surface area contributed by atoms with Gasteiger partial charge in [0.25, 0.3) is 0 Å². The Balaban J connectivity index is 1.59. The maximum atomic E-state index is 6.94. The lowest BCUT2D eigenvalue weighted by Crippen LogP contribution is -2.80. The molecule has 3 nitrogen and oxygen atoms in total. The summed E-state index contributed by atoms with van der Waals surface area (Å²) in [6.07, 6.45) is 8.33. The Morgan fingerprint density at radius 2 is 1.90 bits per heavy atom. The molecule has 3 aliphatic rings. The van der Waals surface area contributed by atoms with Crippen molar-refractivity contribution >= 4 is 0 Å². The summed E-state index contributed by atoms with van der Waals surface area (Å²) in [5, 5.41) is 0. The van der Waals surface area contributed by atoms with Gasteiger partial charge in [-0.1, -0.05) is 33.6 Å². The van der Waals surface area contributed by atoms with Crippen LogP contribution >= 0.6 is 0 Å². The van der Waals surface area contributed by atoms with Gasteiger partial charge in [0.2, 0.25) is 0 Å². The zero-order chi connectivity index (χ0) is 15.1. The quantitative estimate of drug-likeness (QED) is 0.866. The second kappa shape index (κ2) is 5.82. The molecule has 1 aliphatic carbocycles. The van der Waals surface area contributed by atoms with E-state index in [-0.39, 0.29) is 11.0 Å². The van der Waals surface area contributed by atoms with Gasteiger partial charge in [-0.15, -0.1) is 0 Å². The maximum Gasteiger partial charge on any atom is 0.0690 e. The summed E-state index contributed by atoms with van der Waals surface area (Å²) in [4.78, 5) is 2.64. The summed E-state index contributed by atoms with van der Waals surface area (Å²) in [7, 11) is 0. The molecule has 21 heavy (non-hydrogen) atoms. The first kappa shape index (κ1) is 15.8. The number of nitrogens with zero attached hydrogens (tertiary/aromatic N) is 1. The van der Waals surface area contributed by atoms with Gasteiger partial charge in [-0.3, -0.25) is 0 Å². The van der Waals surface area contributed by atoms with Crippen molar-refractivity contribution in [3.63, 3.8) is 0 Å². The number of hydrogen-bond donors (Lipinski definition) is 1. The van der Waals surface area contributed by atoms with E-state index in [4.69, 9.17) is 10.5 Å². The Labute approximate surface area is 130 Å². The van der Waals surface area contributed by atoms with E-state index in [2.05, 4.69) is 25.7 Å². The Morgan fingerprint density at radius 1 is 1.19 bits per heavy atom. The molecule has 122 valence electrons. The molecular weight excluding hydrogens is 260 g/mol. The molecule has 3 fully saturated rings. The number of hydrogen-bond acceptors (Lipinski definition) is 3. The average molecular weight is 294 g/mol. The lowest BCUT2D eigenvalue weighted by molar-refractivity contribution is -0.232. The molecule has 3 rings (SSSR count). The van der Waals surface area contributed by atoms with Crippen LogP contribution in [0.4, 0.5) is 0 Å². The number of rotatable bonds is 4. The van der Waals surface area contributed by atoms with Crippen LogP contribution in [0.1, 0.15) is 59.3 Å². The molecule has 3 heteroatoms. The third kappa shape index (κ3) is 2.55. The highest BCUT2D eigenvalue weighted by atomic mass is 16.5. The molecule has 0 spiro atoms. The number of fused-ring (bicyclic) bond motifs is 1. The highest BCUT2D eigenvalue weighted by Crippen LogP contribution is 2.57. The molecule has 3 unspecified atom stereocenters. The van der Waals surface area contributed by atoms with Crippen LogP contribution in [0.5, 0.6) is 0 Å². The van der Waals surface area contributed by atoms with Crippen molar-refractivity contribution < 1.29 is 4.74 Å². The molecular formula is C18H34N2O. The zero-order valence-electron chi connectivity index (χ0n) is 14.2. The topological polar surface area (TPSA) is 38.5 Å². The SMILES string of the molecule is CCCC1CCN(CC2(N)C3CCCOC3C2(C)C)CC1. The van der Waals surface area contributed by atoms with Crippen molar-refractivity contribution in [3.8, 4) is 0 Å². The standard InChI is InChI=1S/C18H34N2O/c1-4-6-14-8-10-20(11-9-14)13-18(19)15-7-5-12-21-16(15)17(18,2)3/h14-16H,4-13,19H2,1-3H3. The predicted octanol–water partition coefficient (Wildman–Crippen LogP) is 3.03. The van der Waals surface area contributed by atoms with E-state index in [0.717, 1.165) is 19.1 Å². The Kier molecular flexibility index (Phi) is 4.37. The van der Waals surface area contributed by atoms with Crippen molar-refractivity contribution in [1.82, 2.24) is 4.90 Å². The van der Waals surface area contributed by atoms with Gasteiger partial charge < -0.3 is 15.4 Å². The Hall–Kier alpha value is -0.120. The fourth-order valence-electron chi connectivity index (χ4n) is 5.20. The first-order valence-electron chi connectivity index (χ1n) is 9.12. The molecule has 0 aromatic rings. The van der Waals surface area contributed by atoms with Gasteiger partial charge in [-0.25, -0.2) is 0 Å². The zero-order valence-corrected chi connectivity index (χ0v) is 14.2. The first-order chi connectivity index (χ1) is 9.99. The van der Waals surface area contributed by atoms with Gasteiger partial charge in [0, 0.05) is 30.0 Å². The highest BCUT2D eigenvalue weighted by molar-refractivity contribution is 5.20. The molecule has 3 atom stereocenters. The van der Waals surface area contributed by atoms with E-state index in [1.165, 1.54) is 51.6 Å². The highest BCUT2D eigenvalue weighted by Gasteiger charge is 2.66. The Morgan fingerprint density at radius 3 is 2.57 bits per heavy atom. The van der Waals surface area contributed by atoms with Gasteiger partial charge >= 0.3 is 0 Å². The summed E-state index contributed by atoms with van der Waals surface area (Å²) in [6.45, 7) is 11.5. The molecule has 2 saturated heterocycles. The van der Waals surface area contributed by atoms with Gasteiger partial charge in [-0.2, -0.15) is 0 Å². The van der Waals surface area contributed by atoms with Gasteiger partial charge in [0.15, 0.2) is 0 Å². The minimum Gasteiger partial charge on any atom is -0.377 e.